The van der Waals surface area contributed by atoms with E-state index in [1.807, 2.05) is 24.5 Å². The van der Waals surface area contributed by atoms with Crippen LogP contribution in [-0.2, 0) is 12.0 Å². The van der Waals surface area contributed by atoms with Gasteiger partial charge >= 0.3 is 0 Å². The maximum Gasteiger partial charge on any atom is 0.121 e. The van der Waals surface area contributed by atoms with E-state index in [9.17, 15) is 5.11 Å². The molecular formula is C25H24N2O. The van der Waals surface area contributed by atoms with Gasteiger partial charge in [0.2, 0.25) is 0 Å². The second kappa shape index (κ2) is 8.24. The number of hydrogen-bond acceptors (Lipinski definition) is 2. The third kappa shape index (κ3) is 3.25. The van der Waals surface area contributed by atoms with Crippen molar-refractivity contribution in [3.63, 3.8) is 0 Å². The van der Waals surface area contributed by atoms with Crippen LogP contribution in [-0.4, -0.2) is 21.3 Å². The fraction of sp³-hybridized carbons (Fsp3) is 0.160. The molecule has 1 N–H and O–H groups in total. The van der Waals surface area contributed by atoms with Gasteiger partial charge in [-0.2, -0.15) is 0 Å². The van der Waals surface area contributed by atoms with E-state index in [-0.39, 0.29) is 6.61 Å². The van der Waals surface area contributed by atoms with Crippen LogP contribution in [0.15, 0.2) is 104 Å². The molecule has 0 aliphatic carbocycles. The third-order valence-electron chi connectivity index (χ3n) is 5.19. The first-order valence-corrected chi connectivity index (χ1v) is 9.66. The zero-order chi connectivity index (χ0) is 19.2. The van der Waals surface area contributed by atoms with Gasteiger partial charge in [-0.3, -0.25) is 0 Å². The van der Waals surface area contributed by atoms with Crippen LogP contribution in [0.2, 0.25) is 0 Å². The van der Waals surface area contributed by atoms with Gasteiger partial charge in [-0.15, -0.1) is 0 Å². The van der Waals surface area contributed by atoms with E-state index < -0.39 is 5.54 Å². The summed E-state index contributed by atoms with van der Waals surface area (Å²) in [4.78, 5) is 4.65. The fourth-order valence-corrected chi connectivity index (χ4v) is 3.92. The lowest BCUT2D eigenvalue weighted by molar-refractivity contribution is 0.288. The van der Waals surface area contributed by atoms with Gasteiger partial charge in [0, 0.05) is 12.8 Å². The van der Waals surface area contributed by atoms with Crippen molar-refractivity contribution >= 4 is 0 Å². The number of rotatable bonds is 7. The van der Waals surface area contributed by atoms with Crippen molar-refractivity contribution in [1.29, 1.82) is 0 Å². The molecule has 140 valence electrons. The lowest BCUT2D eigenvalue weighted by Gasteiger charge is -2.37. The number of aliphatic hydroxyl groups is 1. The van der Waals surface area contributed by atoms with Gasteiger partial charge in [-0.1, -0.05) is 91.0 Å². The summed E-state index contributed by atoms with van der Waals surface area (Å²) in [5.41, 5.74) is 4.01. The van der Waals surface area contributed by atoms with Crippen LogP contribution in [0, 0.1) is 0 Å². The first-order valence-electron chi connectivity index (χ1n) is 9.66. The van der Waals surface area contributed by atoms with Crippen molar-refractivity contribution in [3.8, 4) is 0 Å². The van der Waals surface area contributed by atoms with E-state index >= 15 is 0 Å². The van der Waals surface area contributed by atoms with E-state index in [0.717, 1.165) is 12.1 Å². The number of imidazole rings is 1. The molecule has 0 unspecified atom stereocenters. The molecule has 1 heterocycles. The second-order valence-electron chi connectivity index (χ2n) is 6.91. The van der Waals surface area contributed by atoms with Gasteiger partial charge in [-0.05, 0) is 29.5 Å². The van der Waals surface area contributed by atoms with E-state index in [1.54, 1.807) is 0 Å². The summed E-state index contributed by atoms with van der Waals surface area (Å²) in [5.74, 6) is 0. The lowest BCUT2D eigenvalue weighted by Crippen LogP contribution is -2.36. The Balaban J connectivity index is 2.00. The summed E-state index contributed by atoms with van der Waals surface area (Å²) < 4.78 is 2.21. The largest absolute Gasteiger partial charge is 0.396 e. The first kappa shape index (κ1) is 18.2. The zero-order valence-corrected chi connectivity index (χ0v) is 15.8. The SMILES string of the molecule is OCCCc1cn(C(c2ccccc2)(c2ccccc2)c2ccccc2)cn1. The summed E-state index contributed by atoms with van der Waals surface area (Å²) in [6.07, 6.45) is 5.51. The third-order valence-corrected chi connectivity index (χ3v) is 5.19. The minimum Gasteiger partial charge on any atom is -0.396 e. The molecule has 3 aromatic carbocycles. The van der Waals surface area contributed by atoms with Gasteiger partial charge in [0.05, 0.1) is 12.0 Å². The molecule has 0 atom stereocenters. The van der Waals surface area contributed by atoms with Crippen molar-refractivity contribution in [1.82, 2.24) is 9.55 Å². The lowest BCUT2D eigenvalue weighted by atomic mass is 9.77. The summed E-state index contributed by atoms with van der Waals surface area (Å²) >= 11 is 0. The van der Waals surface area contributed by atoms with Crippen molar-refractivity contribution in [2.24, 2.45) is 0 Å². The topological polar surface area (TPSA) is 38.0 Å². The van der Waals surface area contributed by atoms with E-state index in [2.05, 4.69) is 88.5 Å². The summed E-state index contributed by atoms with van der Waals surface area (Å²) in [7, 11) is 0. The predicted octanol–water partition coefficient (Wildman–Crippen LogP) is 4.65. The van der Waals surface area contributed by atoms with E-state index in [1.165, 1.54) is 16.7 Å². The molecule has 4 aromatic rings. The Kier molecular flexibility index (Phi) is 5.36. The van der Waals surface area contributed by atoms with Crippen LogP contribution in [0.1, 0.15) is 28.8 Å². The molecular weight excluding hydrogens is 344 g/mol. The fourth-order valence-electron chi connectivity index (χ4n) is 3.92. The Hall–Kier alpha value is -3.17. The molecule has 0 radical (unpaired) electrons. The molecule has 0 saturated heterocycles. The van der Waals surface area contributed by atoms with Gasteiger partial charge in [0.25, 0.3) is 0 Å². The van der Waals surface area contributed by atoms with Crippen LogP contribution in [0.3, 0.4) is 0 Å². The monoisotopic (exact) mass is 368 g/mol. The van der Waals surface area contributed by atoms with Crippen molar-refractivity contribution in [2.75, 3.05) is 6.61 Å². The number of aliphatic hydroxyl groups excluding tert-OH is 1. The van der Waals surface area contributed by atoms with Gasteiger partial charge < -0.3 is 9.67 Å². The van der Waals surface area contributed by atoms with Crippen molar-refractivity contribution in [2.45, 2.75) is 18.4 Å². The minimum absolute atomic E-state index is 0.175. The van der Waals surface area contributed by atoms with Gasteiger partial charge in [0.1, 0.15) is 5.54 Å². The number of aryl methyl sites for hydroxylation is 1. The molecule has 0 aliphatic heterocycles. The predicted molar refractivity (Wildman–Crippen MR) is 112 cm³/mol. The molecule has 4 rings (SSSR count). The Bertz CT molecular complexity index is 898. The molecule has 28 heavy (non-hydrogen) atoms. The Morgan fingerprint density at radius 1 is 0.714 bits per heavy atom. The molecule has 0 bridgehead atoms. The van der Waals surface area contributed by atoms with Crippen LogP contribution < -0.4 is 0 Å². The molecule has 0 amide bonds. The minimum atomic E-state index is -0.520. The number of nitrogens with zero attached hydrogens (tertiary/aromatic N) is 2. The summed E-state index contributed by atoms with van der Waals surface area (Å²) in [5, 5.41) is 9.19. The van der Waals surface area contributed by atoms with Crippen LogP contribution in [0.5, 0.6) is 0 Å². The average Bonchev–Trinajstić information content (AvgIpc) is 3.24. The van der Waals surface area contributed by atoms with Crippen LogP contribution in [0.25, 0.3) is 0 Å². The smallest absolute Gasteiger partial charge is 0.121 e. The van der Waals surface area contributed by atoms with Crippen molar-refractivity contribution < 1.29 is 5.11 Å². The van der Waals surface area contributed by atoms with Gasteiger partial charge in [0.15, 0.2) is 0 Å². The Morgan fingerprint density at radius 3 is 1.61 bits per heavy atom. The van der Waals surface area contributed by atoms with E-state index in [4.69, 9.17) is 0 Å². The molecule has 0 aliphatic rings. The van der Waals surface area contributed by atoms with Gasteiger partial charge in [-0.25, -0.2) is 4.98 Å². The first-order chi connectivity index (χ1) is 13.9. The standard InChI is InChI=1S/C25H24N2O/c28-18-10-17-24-19-27(20-26-24)25(21-11-4-1-5-12-21,22-13-6-2-7-14-22)23-15-8-3-9-16-23/h1-9,11-16,19-20,28H,10,17-18H2. The highest BCUT2D eigenvalue weighted by molar-refractivity contribution is 5.50. The second-order valence-corrected chi connectivity index (χ2v) is 6.91. The van der Waals surface area contributed by atoms with Crippen molar-refractivity contribution in [3.05, 3.63) is 126 Å². The molecule has 0 fully saturated rings. The summed E-state index contributed by atoms with van der Waals surface area (Å²) in [6, 6.07) is 31.7. The Labute approximate surface area is 165 Å². The quantitative estimate of drug-likeness (QED) is 0.482. The molecule has 3 heteroatoms. The maximum absolute atomic E-state index is 9.19. The van der Waals surface area contributed by atoms with E-state index in [0.29, 0.717) is 6.42 Å². The molecule has 0 spiro atoms. The van der Waals surface area contributed by atoms with Crippen LogP contribution in [0.4, 0.5) is 0 Å². The molecule has 3 nitrogen and oxygen atoms in total. The Morgan fingerprint density at radius 2 is 1.18 bits per heavy atom. The average molecular weight is 368 g/mol. The zero-order valence-electron chi connectivity index (χ0n) is 15.8. The number of benzene rings is 3. The summed E-state index contributed by atoms with van der Waals surface area (Å²) in [6.45, 7) is 0.175. The number of hydrogen-bond donors (Lipinski definition) is 1. The highest BCUT2D eigenvalue weighted by Crippen LogP contribution is 2.40. The molecule has 0 saturated carbocycles. The highest BCUT2D eigenvalue weighted by atomic mass is 16.2. The molecule has 1 aromatic heterocycles. The highest BCUT2D eigenvalue weighted by Gasteiger charge is 2.38. The van der Waals surface area contributed by atoms with Crippen LogP contribution >= 0.6 is 0 Å². The maximum atomic E-state index is 9.19. The normalized spacial score (nSPS) is 11.5. The number of aromatic nitrogens is 2.